The van der Waals surface area contributed by atoms with Crippen LogP contribution in [-0.4, -0.2) is 29.2 Å². The second kappa shape index (κ2) is 9.56. The van der Waals surface area contributed by atoms with Crippen molar-refractivity contribution in [2.75, 3.05) is 11.6 Å². The first-order chi connectivity index (χ1) is 13.6. The maximum Gasteiger partial charge on any atom is 0.339 e. The highest BCUT2D eigenvalue weighted by atomic mass is 32.2. The molecule has 0 spiro atoms. The number of nitrogens with one attached hydrogen (secondary N) is 1. The molecule has 0 aliphatic rings. The summed E-state index contributed by atoms with van der Waals surface area (Å²) in [4.78, 5) is 36.1. The van der Waals surface area contributed by atoms with Gasteiger partial charge in [-0.2, -0.15) is 0 Å². The molecule has 0 bridgehead atoms. The number of amides is 1. The van der Waals surface area contributed by atoms with Gasteiger partial charge in [-0.25, -0.2) is 4.79 Å². The van der Waals surface area contributed by atoms with E-state index in [1.54, 1.807) is 6.26 Å². The van der Waals surface area contributed by atoms with Crippen LogP contribution in [0.3, 0.4) is 0 Å². The maximum absolute atomic E-state index is 12.6. The predicted octanol–water partition coefficient (Wildman–Crippen LogP) is 4.93. The van der Waals surface area contributed by atoms with E-state index in [2.05, 4.69) is 5.32 Å². The molecule has 1 N–H and O–H groups in total. The molecule has 7 nitrogen and oxygen atoms in total. The molecule has 1 amide bonds. The molecule has 0 saturated heterocycles. The van der Waals surface area contributed by atoms with Gasteiger partial charge in [-0.05, 0) is 49.3 Å². The lowest BCUT2D eigenvalue weighted by Gasteiger charge is -2.19. The second-order valence-corrected chi connectivity index (χ2v) is 7.72. The van der Waals surface area contributed by atoms with Gasteiger partial charge in [-0.3, -0.25) is 14.9 Å². The highest BCUT2D eigenvalue weighted by Gasteiger charge is 2.23. The lowest BCUT2D eigenvalue weighted by Crippen LogP contribution is -2.30. The average molecular weight is 416 g/mol. The third kappa shape index (κ3) is 5.35. The Balaban J connectivity index is 2.16. The quantitative estimate of drug-likeness (QED) is 0.297. The fraction of sp³-hybridized carbons (Fsp3) is 0.333. The van der Waals surface area contributed by atoms with Crippen molar-refractivity contribution >= 4 is 35.0 Å². The molecule has 2 aromatic carbocycles. The SMILES string of the molecule is CSc1ccc(C(=O)O[C@H](C)C(=O)Nc2c(C)cccc2C(C)C)cc1[N+](=O)[O-]. The third-order valence-corrected chi connectivity index (χ3v) is 5.22. The molecular formula is C21H24N2O5S. The minimum atomic E-state index is -1.07. The van der Waals surface area contributed by atoms with Crippen LogP contribution in [0, 0.1) is 17.0 Å². The number of carbonyl (C=O) groups is 2. The number of rotatable bonds is 7. The molecule has 0 saturated carbocycles. The van der Waals surface area contributed by atoms with Crippen LogP contribution in [0.5, 0.6) is 0 Å². The van der Waals surface area contributed by atoms with E-state index >= 15 is 0 Å². The molecule has 0 fully saturated rings. The summed E-state index contributed by atoms with van der Waals surface area (Å²) >= 11 is 1.21. The third-order valence-electron chi connectivity index (χ3n) is 4.44. The zero-order valence-corrected chi connectivity index (χ0v) is 17.8. The van der Waals surface area contributed by atoms with Crippen LogP contribution < -0.4 is 5.32 Å². The Morgan fingerprint density at radius 3 is 2.45 bits per heavy atom. The lowest BCUT2D eigenvalue weighted by molar-refractivity contribution is -0.387. The molecule has 2 aromatic rings. The van der Waals surface area contributed by atoms with Crippen LogP contribution in [0.1, 0.15) is 48.2 Å². The number of benzene rings is 2. The van der Waals surface area contributed by atoms with Gasteiger partial charge in [0.1, 0.15) is 0 Å². The summed E-state index contributed by atoms with van der Waals surface area (Å²) in [6.07, 6.45) is 0.644. The van der Waals surface area contributed by atoms with E-state index in [1.165, 1.54) is 30.8 Å². The van der Waals surface area contributed by atoms with Crippen LogP contribution in [0.4, 0.5) is 11.4 Å². The predicted molar refractivity (Wildman–Crippen MR) is 114 cm³/mol. The molecule has 8 heteroatoms. The highest BCUT2D eigenvalue weighted by Crippen LogP contribution is 2.29. The minimum Gasteiger partial charge on any atom is -0.449 e. The summed E-state index contributed by atoms with van der Waals surface area (Å²) in [6, 6.07) is 9.86. The van der Waals surface area contributed by atoms with Crippen molar-refractivity contribution in [3.63, 3.8) is 0 Å². The van der Waals surface area contributed by atoms with E-state index in [4.69, 9.17) is 4.74 Å². The number of thioether (sulfide) groups is 1. The first kappa shape index (κ1) is 22.4. The van der Waals surface area contributed by atoms with Gasteiger partial charge in [0.15, 0.2) is 6.10 Å². The van der Waals surface area contributed by atoms with E-state index in [-0.39, 0.29) is 17.2 Å². The highest BCUT2D eigenvalue weighted by molar-refractivity contribution is 7.98. The summed E-state index contributed by atoms with van der Waals surface area (Å²) in [6.45, 7) is 7.41. The van der Waals surface area contributed by atoms with Gasteiger partial charge in [0.05, 0.1) is 15.4 Å². The van der Waals surface area contributed by atoms with Gasteiger partial charge in [0.25, 0.3) is 11.6 Å². The fourth-order valence-electron chi connectivity index (χ4n) is 2.81. The second-order valence-electron chi connectivity index (χ2n) is 6.87. The summed E-state index contributed by atoms with van der Waals surface area (Å²) in [5.41, 5.74) is 2.44. The monoisotopic (exact) mass is 416 g/mol. The molecule has 154 valence electrons. The lowest BCUT2D eigenvalue weighted by atomic mass is 9.98. The topological polar surface area (TPSA) is 98.5 Å². The smallest absolute Gasteiger partial charge is 0.339 e. The molecule has 2 rings (SSSR count). The van der Waals surface area contributed by atoms with E-state index < -0.39 is 22.9 Å². The molecule has 0 unspecified atom stereocenters. The Hall–Kier alpha value is -2.87. The Kier molecular flexibility index (Phi) is 7.39. The molecule has 0 heterocycles. The van der Waals surface area contributed by atoms with Crippen LogP contribution in [0.2, 0.25) is 0 Å². The standard InChI is InChI=1S/C21H24N2O5S/c1-12(2)16-8-6-7-13(3)19(16)22-20(24)14(4)28-21(25)15-9-10-18(29-5)17(11-15)23(26)27/h6-12,14H,1-5H3,(H,22,24)/t14-/m1/s1. The van der Waals surface area contributed by atoms with Crippen LogP contribution >= 0.6 is 11.8 Å². The number of nitrogens with zero attached hydrogens (tertiary/aromatic N) is 1. The van der Waals surface area contributed by atoms with Gasteiger partial charge < -0.3 is 10.1 Å². The number of para-hydroxylation sites is 1. The molecule has 0 radical (unpaired) electrons. The fourth-order valence-corrected chi connectivity index (χ4v) is 3.36. The number of ether oxygens (including phenoxy) is 1. The zero-order valence-electron chi connectivity index (χ0n) is 17.0. The average Bonchev–Trinajstić information content (AvgIpc) is 2.68. The summed E-state index contributed by atoms with van der Waals surface area (Å²) < 4.78 is 5.24. The Bertz CT molecular complexity index is 943. The van der Waals surface area contributed by atoms with Gasteiger partial charge in [-0.1, -0.05) is 32.0 Å². The number of hydrogen-bond acceptors (Lipinski definition) is 6. The number of nitro benzene ring substituents is 1. The molecule has 1 atom stereocenters. The van der Waals surface area contributed by atoms with E-state index in [0.717, 1.165) is 17.2 Å². The first-order valence-electron chi connectivity index (χ1n) is 9.09. The van der Waals surface area contributed by atoms with Gasteiger partial charge in [0, 0.05) is 11.8 Å². The van der Waals surface area contributed by atoms with E-state index in [9.17, 15) is 19.7 Å². The van der Waals surface area contributed by atoms with Crippen LogP contribution in [0.15, 0.2) is 41.3 Å². The van der Waals surface area contributed by atoms with E-state index in [0.29, 0.717) is 10.6 Å². The van der Waals surface area contributed by atoms with Crippen LogP contribution in [-0.2, 0) is 9.53 Å². The minimum absolute atomic E-state index is 0.0212. The number of esters is 1. The summed E-state index contributed by atoms with van der Waals surface area (Å²) in [5, 5.41) is 14.0. The van der Waals surface area contributed by atoms with Crippen molar-refractivity contribution in [1.29, 1.82) is 0 Å². The van der Waals surface area contributed by atoms with Crippen molar-refractivity contribution in [3.8, 4) is 0 Å². The molecule has 0 aromatic heterocycles. The van der Waals surface area contributed by atoms with Crippen molar-refractivity contribution < 1.29 is 19.2 Å². The van der Waals surface area contributed by atoms with Crippen molar-refractivity contribution in [2.45, 2.75) is 44.6 Å². The van der Waals surface area contributed by atoms with Crippen molar-refractivity contribution in [1.82, 2.24) is 0 Å². The zero-order chi connectivity index (χ0) is 21.7. The van der Waals surface area contributed by atoms with Gasteiger partial charge >= 0.3 is 5.97 Å². The van der Waals surface area contributed by atoms with Crippen LogP contribution in [0.25, 0.3) is 0 Å². The Morgan fingerprint density at radius 2 is 1.86 bits per heavy atom. The normalized spacial score (nSPS) is 11.8. The maximum atomic E-state index is 12.6. The number of anilines is 1. The van der Waals surface area contributed by atoms with Gasteiger partial charge in [0.2, 0.25) is 0 Å². The largest absolute Gasteiger partial charge is 0.449 e. The summed E-state index contributed by atoms with van der Waals surface area (Å²) in [5.74, 6) is -1.05. The number of aryl methyl sites for hydroxylation is 1. The van der Waals surface area contributed by atoms with Crippen molar-refractivity contribution in [2.24, 2.45) is 0 Å². The van der Waals surface area contributed by atoms with E-state index in [1.807, 2.05) is 39.0 Å². The van der Waals surface area contributed by atoms with Crippen molar-refractivity contribution in [3.05, 3.63) is 63.2 Å². The molecule has 0 aliphatic heterocycles. The molecular weight excluding hydrogens is 392 g/mol. The van der Waals surface area contributed by atoms with Gasteiger partial charge in [-0.15, -0.1) is 11.8 Å². The summed E-state index contributed by atoms with van der Waals surface area (Å²) in [7, 11) is 0. The Labute approximate surface area is 174 Å². The number of nitro groups is 1. The Morgan fingerprint density at radius 1 is 1.17 bits per heavy atom. The first-order valence-corrected chi connectivity index (χ1v) is 10.3. The molecule has 0 aliphatic carbocycles. The number of carbonyl (C=O) groups excluding carboxylic acids is 2. The molecule has 29 heavy (non-hydrogen) atoms. The number of hydrogen-bond donors (Lipinski definition) is 1.